The number of nitrogens with zero attached hydrogens (tertiary/aromatic N) is 2. The van der Waals surface area contributed by atoms with Crippen molar-refractivity contribution in [2.24, 2.45) is 28.3 Å². The molecule has 2 heterocycles. The largest absolute Gasteiger partial charge is 0.387 e. The number of ketones is 3. The Kier molecular flexibility index (Phi) is 12.4. The number of benzene rings is 1. The Balaban J connectivity index is 1.60. The molecule has 0 radical (unpaired) electrons. The molecule has 1 aliphatic carbocycles. The monoisotopic (exact) mass is 669 g/mol. The van der Waals surface area contributed by atoms with Crippen molar-refractivity contribution in [1.82, 2.24) is 10.2 Å². The van der Waals surface area contributed by atoms with E-state index in [0.717, 1.165) is 31.2 Å². The lowest BCUT2D eigenvalue weighted by molar-refractivity contribution is -0.147. The smallest absolute Gasteiger partial charge is 0.287 e. The molecule has 4 atom stereocenters. The maximum absolute atomic E-state index is 14.6. The number of carbonyl (C=O) groups is 5. The molecule has 2 fully saturated rings. The minimum atomic E-state index is -0.938. The van der Waals surface area contributed by atoms with E-state index in [4.69, 9.17) is 16.4 Å². The third-order valence-corrected chi connectivity index (χ3v) is 10.3. The zero-order valence-electron chi connectivity index (χ0n) is 28.7. The topological polar surface area (TPSA) is 122 Å². The summed E-state index contributed by atoms with van der Waals surface area (Å²) in [7, 11) is 0. The van der Waals surface area contributed by atoms with Crippen LogP contribution >= 0.6 is 11.6 Å². The average molecular weight is 670 g/mol. The van der Waals surface area contributed by atoms with E-state index in [1.54, 1.807) is 24.0 Å². The Hall–Kier alpha value is -3.07. The zero-order chi connectivity index (χ0) is 34.4. The third kappa shape index (κ3) is 9.30. The van der Waals surface area contributed by atoms with Crippen LogP contribution in [0, 0.1) is 23.2 Å². The lowest BCUT2D eigenvalue weighted by atomic mass is 9.75. The van der Waals surface area contributed by atoms with Crippen LogP contribution in [0.15, 0.2) is 29.4 Å². The van der Waals surface area contributed by atoms with Gasteiger partial charge in [0.2, 0.25) is 11.7 Å². The summed E-state index contributed by atoms with van der Waals surface area (Å²) in [5.74, 6) is -2.83. The van der Waals surface area contributed by atoms with Gasteiger partial charge < -0.3 is 15.1 Å². The number of likely N-dealkylation sites (tertiary alicyclic amines) is 1. The molecule has 1 saturated carbocycles. The molecule has 2 aliphatic heterocycles. The quantitative estimate of drug-likeness (QED) is 0.226. The van der Waals surface area contributed by atoms with Crippen LogP contribution in [-0.2, 0) is 28.8 Å². The van der Waals surface area contributed by atoms with Gasteiger partial charge in [-0.15, -0.1) is 0 Å². The van der Waals surface area contributed by atoms with E-state index in [9.17, 15) is 24.0 Å². The van der Waals surface area contributed by atoms with E-state index >= 15 is 0 Å². The number of hydrogen-bond donors (Lipinski definition) is 1. The second-order valence-electron chi connectivity index (χ2n) is 14.9. The summed E-state index contributed by atoms with van der Waals surface area (Å²) in [4.78, 5) is 75.4. The number of oxime groups is 1. The Morgan fingerprint density at radius 2 is 1.81 bits per heavy atom. The molecule has 2 amide bonds. The van der Waals surface area contributed by atoms with Gasteiger partial charge in [-0.3, -0.25) is 24.0 Å². The molecule has 10 heteroatoms. The standard InChI is InChI=1S/C37H52ClN3O6/c1-6-12-26(33(44)34(45)39-7-2)19-32(43)31-22-37(21-30(40-47-37)25-15-11-16-27(38)18-25)23-41(31)35(46)29(36(3,4)5)20-28(42)17-24-13-9-8-10-14-24/h11,15-16,18,24,26,29,31H,6-10,12-14,17,19-23H2,1-5H3,(H,39,45)/t26-,29-,31+,37-/m1/s1. The van der Waals surface area contributed by atoms with Crippen LogP contribution in [-0.4, -0.2) is 64.5 Å². The average Bonchev–Trinajstić information content (AvgIpc) is 3.62. The van der Waals surface area contributed by atoms with E-state index in [1.807, 2.05) is 39.8 Å². The number of carbonyl (C=O) groups excluding carboxylic acids is 5. The van der Waals surface area contributed by atoms with Crippen LogP contribution in [0.5, 0.6) is 0 Å². The minimum Gasteiger partial charge on any atom is -0.387 e. The van der Waals surface area contributed by atoms with Crippen LogP contribution in [0.1, 0.15) is 117 Å². The summed E-state index contributed by atoms with van der Waals surface area (Å²) in [6.07, 6.45) is 7.59. The summed E-state index contributed by atoms with van der Waals surface area (Å²) < 4.78 is 0. The second-order valence-corrected chi connectivity index (χ2v) is 15.4. The van der Waals surface area contributed by atoms with Crippen molar-refractivity contribution in [3.8, 4) is 0 Å². The molecular weight excluding hydrogens is 618 g/mol. The zero-order valence-corrected chi connectivity index (χ0v) is 29.5. The summed E-state index contributed by atoms with van der Waals surface area (Å²) in [6, 6.07) is 6.43. The van der Waals surface area contributed by atoms with E-state index in [2.05, 4.69) is 10.5 Å². The van der Waals surface area contributed by atoms with Gasteiger partial charge in [0.05, 0.1) is 18.3 Å². The first-order chi connectivity index (χ1) is 22.3. The number of Topliss-reactive ketones (excluding diaryl/α,β-unsaturated/α-hetero) is 3. The summed E-state index contributed by atoms with van der Waals surface area (Å²) >= 11 is 6.25. The predicted molar refractivity (Wildman–Crippen MR) is 182 cm³/mol. The first-order valence-electron chi connectivity index (χ1n) is 17.4. The molecule has 3 aliphatic rings. The third-order valence-electron chi connectivity index (χ3n) is 10.1. The van der Waals surface area contributed by atoms with Gasteiger partial charge >= 0.3 is 0 Å². The normalized spacial score (nSPS) is 22.8. The minimum absolute atomic E-state index is 0.0844. The molecule has 0 aromatic heterocycles. The fourth-order valence-corrected chi connectivity index (χ4v) is 7.67. The van der Waals surface area contributed by atoms with E-state index in [1.165, 1.54) is 6.42 Å². The molecule has 1 N–H and O–H groups in total. The van der Waals surface area contributed by atoms with Crippen molar-refractivity contribution in [1.29, 1.82) is 0 Å². The second kappa shape index (κ2) is 15.9. The number of hydrogen-bond acceptors (Lipinski definition) is 7. The van der Waals surface area contributed by atoms with Crippen molar-refractivity contribution >= 4 is 46.5 Å². The molecule has 0 unspecified atom stereocenters. The molecule has 0 bridgehead atoms. The van der Waals surface area contributed by atoms with Crippen LogP contribution < -0.4 is 5.32 Å². The van der Waals surface area contributed by atoms with E-state index in [0.29, 0.717) is 48.9 Å². The predicted octanol–water partition coefficient (Wildman–Crippen LogP) is 6.48. The number of likely N-dealkylation sites (N-methyl/N-ethyl adjacent to an activating group) is 1. The highest BCUT2D eigenvalue weighted by atomic mass is 35.5. The first-order valence-corrected chi connectivity index (χ1v) is 17.8. The van der Waals surface area contributed by atoms with E-state index in [-0.39, 0.29) is 43.3 Å². The molecule has 1 saturated heterocycles. The molecule has 9 nitrogen and oxygen atoms in total. The van der Waals surface area contributed by atoms with Crippen LogP contribution in [0.4, 0.5) is 0 Å². The van der Waals surface area contributed by atoms with Crippen molar-refractivity contribution < 1.29 is 28.8 Å². The van der Waals surface area contributed by atoms with Gasteiger partial charge in [0.15, 0.2) is 11.4 Å². The number of nitrogens with one attached hydrogen (secondary N) is 1. The highest BCUT2D eigenvalue weighted by molar-refractivity contribution is 6.37. The SMILES string of the molecule is CCC[C@H](CC(=O)[C@@H]1C[C@]2(CC(c3cccc(Cl)c3)=NO2)CN1C(=O)[C@@H](CC(=O)CC1CCCCC1)C(C)(C)C)C(=O)C(=O)NCC. The summed E-state index contributed by atoms with van der Waals surface area (Å²) in [5.41, 5.74) is 0.00356. The van der Waals surface area contributed by atoms with Gasteiger partial charge in [-0.2, -0.15) is 0 Å². The van der Waals surface area contributed by atoms with Crippen molar-refractivity contribution in [3.05, 3.63) is 34.9 Å². The summed E-state index contributed by atoms with van der Waals surface area (Å²) in [5, 5.41) is 7.50. The van der Waals surface area contributed by atoms with Crippen LogP contribution in [0.2, 0.25) is 5.02 Å². The maximum Gasteiger partial charge on any atom is 0.287 e. The molecule has 258 valence electrons. The Morgan fingerprint density at radius 1 is 1.09 bits per heavy atom. The van der Waals surface area contributed by atoms with Gasteiger partial charge in [0.25, 0.3) is 5.91 Å². The lowest BCUT2D eigenvalue weighted by Gasteiger charge is -2.35. The Labute approximate surface area is 284 Å². The van der Waals surface area contributed by atoms with Gasteiger partial charge in [-0.1, -0.05) is 95.1 Å². The van der Waals surface area contributed by atoms with Crippen molar-refractivity contribution in [3.63, 3.8) is 0 Å². The van der Waals surface area contributed by atoms with Crippen LogP contribution in [0.25, 0.3) is 0 Å². The molecule has 1 aromatic carbocycles. The molecule has 1 aromatic rings. The van der Waals surface area contributed by atoms with Crippen molar-refractivity contribution in [2.45, 2.75) is 123 Å². The highest BCUT2D eigenvalue weighted by Crippen LogP contribution is 2.43. The fourth-order valence-electron chi connectivity index (χ4n) is 7.48. The Morgan fingerprint density at radius 3 is 2.45 bits per heavy atom. The van der Waals surface area contributed by atoms with E-state index < -0.39 is 40.6 Å². The number of amides is 2. The molecule has 47 heavy (non-hydrogen) atoms. The van der Waals surface area contributed by atoms with Crippen LogP contribution in [0.3, 0.4) is 0 Å². The molecular formula is C37H52ClN3O6. The van der Waals surface area contributed by atoms with Crippen molar-refractivity contribution in [2.75, 3.05) is 13.1 Å². The maximum atomic E-state index is 14.6. The first kappa shape index (κ1) is 36.8. The molecule has 4 rings (SSSR count). The molecule has 1 spiro atoms. The summed E-state index contributed by atoms with van der Waals surface area (Å²) in [6.45, 7) is 9.96. The van der Waals surface area contributed by atoms with Gasteiger partial charge in [0.1, 0.15) is 5.78 Å². The Bertz CT molecular complexity index is 1360. The van der Waals surface area contributed by atoms with Gasteiger partial charge in [-0.25, -0.2) is 0 Å². The van der Waals surface area contributed by atoms with Gasteiger partial charge in [0, 0.05) is 61.1 Å². The van der Waals surface area contributed by atoms with Gasteiger partial charge in [-0.05, 0) is 36.8 Å². The fraction of sp³-hybridized carbons (Fsp3) is 0.676. The number of halogens is 1. The highest BCUT2D eigenvalue weighted by Gasteiger charge is 2.55. The number of rotatable bonds is 14. The lowest BCUT2D eigenvalue weighted by Crippen LogP contribution is -2.48.